The third-order valence-corrected chi connectivity index (χ3v) is 3.36. The predicted molar refractivity (Wildman–Crippen MR) is 53.4 cm³/mol. The molecule has 1 saturated carbocycles. The minimum absolute atomic E-state index is 0.188. The lowest BCUT2D eigenvalue weighted by Crippen LogP contribution is -2.37. The summed E-state index contributed by atoms with van der Waals surface area (Å²) < 4.78 is 0. The van der Waals surface area contributed by atoms with Crippen molar-refractivity contribution in [3.8, 4) is 0 Å². The van der Waals surface area contributed by atoms with Crippen LogP contribution in [0.4, 0.5) is 0 Å². The zero-order chi connectivity index (χ0) is 8.97. The van der Waals surface area contributed by atoms with Crippen LogP contribution in [-0.2, 0) is 4.79 Å². The molecule has 0 bridgehead atoms. The van der Waals surface area contributed by atoms with Crippen LogP contribution in [-0.4, -0.2) is 17.3 Å². The summed E-state index contributed by atoms with van der Waals surface area (Å²) in [5.74, 6) is 0.841. The highest BCUT2D eigenvalue weighted by molar-refractivity contribution is 9.09. The molecule has 1 aliphatic carbocycles. The van der Waals surface area contributed by atoms with Gasteiger partial charge in [-0.1, -0.05) is 29.3 Å². The number of amides is 1. The van der Waals surface area contributed by atoms with Crippen molar-refractivity contribution < 1.29 is 4.79 Å². The van der Waals surface area contributed by atoms with Crippen molar-refractivity contribution >= 4 is 21.8 Å². The van der Waals surface area contributed by atoms with Crippen LogP contribution in [0.2, 0.25) is 0 Å². The third-order valence-electron chi connectivity index (χ3n) is 2.52. The number of halogens is 1. The molecule has 0 radical (unpaired) electrons. The zero-order valence-electron chi connectivity index (χ0n) is 7.48. The first kappa shape index (κ1) is 10.0. The van der Waals surface area contributed by atoms with E-state index in [1.165, 1.54) is 12.8 Å². The molecule has 0 saturated heterocycles. The molecule has 2 atom stereocenters. The molecule has 0 aliphatic heterocycles. The van der Waals surface area contributed by atoms with Gasteiger partial charge in [-0.2, -0.15) is 0 Å². The summed E-state index contributed by atoms with van der Waals surface area (Å²) in [4.78, 5) is 11.1. The summed E-state index contributed by atoms with van der Waals surface area (Å²) in [6, 6.07) is 0.428. The molecule has 2 unspecified atom stereocenters. The lowest BCUT2D eigenvalue weighted by Gasteiger charge is -2.18. The maximum atomic E-state index is 11.1. The Morgan fingerprint density at radius 1 is 1.58 bits per heavy atom. The maximum absolute atomic E-state index is 11.1. The maximum Gasteiger partial charge on any atom is 0.219 e. The average Bonchev–Trinajstić information content (AvgIpc) is 2.51. The minimum Gasteiger partial charge on any atom is -0.353 e. The molecule has 0 aromatic rings. The topological polar surface area (TPSA) is 29.1 Å². The van der Waals surface area contributed by atoms with Gasteiger partial charge >= 0.3 is 0 Å². The molecular formula is C9H16BrNO. The zero-order valence-corrected chi connectivity index (χ0v) is 9.06. The molecule has 1 fully saturated rings. The summed E-state index contributed by atoms with van der Waals surface area (Å²) >= 11 is 3.48. The largest absolute Gasteiger partial charge is 0.353 e. The third kappa shape index (κ3) is 2.47. The highest BCUT2D eigenvalue weighted by Crippen LogP contribution is 2.26. The molecule has 0 spiro atoms. The normalized spacial score (nSPS) is 28.8. The fourth-order valence-corrected chi connectivity index (χ4v) is 2.50. The van der Waals surface area contributed by atoms with Crippen LogP contribution in [0, 0.1) is 5.92 Å². The van der Waals surface area contributed by atoms with E-state index in [2.05, 4.69) is 21.2 Å². The van der Waals surface area contributed by atoms with E-state index < -0.39 is 0 Å². The van der Waals surface area contributed by atoms with Crippen LogP contribution < -0.4 is 5.32 Å². The molecule has 2 nitrogen and oxygen atoms in total. The highest BCUT2D eigenvalue weighted by Gasteiger charge is 2.26. The molecule has 70 valence electrons. The second-order valence-electron chi connectivity index (χ2n) is 3.37. The molecular weight excluding hydrogens is 218 g/mol. The van der Waals surface area contributed by atoms with Crippen molar-refractivity contribution in [2.24, 2.45) is 5.92 Å². The number of rotatable bonds is 3. The van der Waals surface area contributed by atoms with E-state index in [0.29, 0.717) is 18.4 Å². The van der Waals surface area contributed by atoms with Gasteiger partial charge in [0.25, 0.3) is 0 Å². The van der Waals surface area contributed by atoms with Gasteiger partial charge in [0.1, 0.15) is 0 Å². The molecule has 0 heterocycles. The number of hydrogen-bond donors (Lipinski definition) is 1. The van der Waals surface area contributed by atoms with Crippen LogP contribution in [0.1, 0.15) is 32.6 Å². The van der Waals surface area contributed by atoms with E-state index in [1.54, 1.807) is 0 Å². The second kappa shape index (κ2) is 4.85. The van der Waals surface area contributed by atoms with Crippen molar-refractivity contribution in [1.29, 1.82) is 0 Å². The Kier molecular flexibility index (Phi) is 4.06. The fourth-order valence-electron chi connectivity index (χ4n) is 1.72. The Hall–Kier alpha value is -0.0500. The summed E-state index contributed by atoms with van der Waals surface area (Å²) in [6.45, 7) is 1.90. The van der Waals surface area contributed by atoms with E-state index in [4.69, 9.17) is 0 Å². The number of nitrogens with one attached hydrogen (secondary N) is 1. The molecule has 1 rings (SSSR count). The molecule has 1 amide bonds. The number of carbonyl (C=O) groups excluding carboxylic acids is 1. The fraction of sp³-hybridized carbons (Fsp3) is 0.889. The summed E-state index contributed by atoms with van der Waals surface area (Å²) in [7, 11) is 0. The number of carbonyl (C=O) groups is 1. The van der Waals surface area contributed by atoms with E-state index in [0.717, 1.165) is 11.8 Å². The van der Waals surface area contributed by atoms with Crippen molar-refractivity contribution in [3.63, 3.8) is 0 Å². The molecule has 1 N–H and O–H groups in total. The molecule has 3 heteroatoms. The molecule has 0 aromatic heterocycles. The Morgan fingerprint density at radius 2 is 2.33 bits per heavy atom. The summed E-state index contributed by atoms with van der Waals surface area (Å²) in [5, 5.41) is 4.08. The van der Waals surface area contributed by atoms with Crippen LogP contribution >= 0.6 is 15.9 Å². The molecule has 1 aliphatic rings. The van der Waals surface area contributed by atoms with Gasteiger partial charge in [0.15, 0.2) is 0 Å². The van der Waals surface area contributed by atoms with Crippen LogP contribution in [0.5, 0.6) is 0 Å². The lowest BCUT2D eigenvalue weighted by atomic mass is 10.1. The van der Waals surface area contributed by atoms with Gasteiger partial charge in [-0.05, 0) is 18.8 Å². The highest BCUT2D eigenvalue weighted by atomic mass is 79.9. The summed E-state index contributed by atoms with van der Waals surface area (Å²) in [6.07, 6.45) is 4.26. The van der Waals surface area contributed by atoms with Crippen molar-refractivity contribution in [2.45, 2.75) is 38.6 Å². The standard InChI is InChI=1S/C9H16BrNO/c1-2-9(12)11-8-5-3-4-7(8)6-10/h7-8H,2-6H2,1H3,(H,11,12). The first-order valence-electron chi connectivity index (χ1n) is 4.63. The Balaban J connectivity index is 2.35. The van der Waals surface area contributed by atoms with Crippen molar-refractivity contribution in [3.05, 3.63) is 0 Å². The van der Waals surface area contributed by atoms with E-state index in [-0.39, 0.29) is 5.91 Å². The van der Waals surface area contributed by atoms with Gasteiger partial charge in [0, 0.05) is 17.8 Å². The monoisotopic (exact) mass is 233 g/mol. The Labute approximate surface area is 82.2 Å². The predicted octanol–water partition coefficient (Wildman–Crippen LogP) is 2.08. The van der Waals surface area contributed by atoms with Crippen molar-refractivity contribution in [1.82, 2.24) is 5.32 Å². The Bertz CT molecular complexity index is 161. The quantitative estimate of drug-likeness (QED) is 0.744. The van der Waals surface area contributed by atoms with E-state index in [9.17, 15) is 4.79 Å². The molecule has 12 heavy (non-hydrogen) atoms. The van der Waals surface area contributed by atoms with Gasteiger partial charge in [0.05, 0.1) is 0 Å². The van der Waals surface area contributed by atoms with Crippen LogP contribution in [0.25, 0.3) is 0 Å². The first-order chi connectivity index (χ1) is 5.77. The van der Waals surface area contributed by atoms with E-state index >= 15 is 0 Å². The van der Waals surface area contributed by atoms with Gasteiger partial charge in [0.2, 0.25) is 5.91 Å². The van der Waals surface area contributed by atoms with E-state index in [1.807, 2.05) is 6.92 Å². The first-order valence-corrected chi connectivity index (χ1v) is 5.75. The van der Waals surface area contributed by atoms with Crippen molar-refractivity contribution in [2.75, 3.05) is 5.33 Å². The average molecular weight is 234 g/mol. The number of alkyl halides is 1. The van der Waals surface area contributed by atoms with Gasteiger partial charge < -0.3 is 5.32 Å². The van der Waals surface area contributed by atoms with Crippen LogP contribution in [0.3, 0.4) is 0 Å². The second-order valence-corrected chi connectivity index (χ2v) is 4.02. The number of hydrogen-bond acceptors (Lipinski definition) is 1. The van der Waals surface area contributed by atoms with Crippen LogP contribution in [0.15, 0.2) is 0 Å². The summed E-state index contributed by atoms with van der Waals surface area (Å²) in [5.41, 5.74) is 0. The SMILES string of the molecule is CCC(=O)NC1CCCC1CBr. The lowest BCUT2D eigenvalue weighted by molar-refractivity contribution is -0.121. The smallest absolute Gasteiger partial charge is 0.219 e. The van der Waals surface area contributed by atoms with Gasteiger partial charge in [-0.25, -0.2) is 0 Å². The molecule has 0 aromatic carbocycles. The minimum atomic E-state index is 0.188. The van der Waals surface area contributed by atoms with Gasteiger partial charge in [-0.15, -0.1) is 0 Å². The Morgan fingerprint density at radius 3 is 2.92 bits per heavy atom. The van der Waals surface area contributed by atoms with Gasteiger partial charge in [-0.3, -0.25) is 4.79 Å².